The molecule has 0 aliphatic carbocycles. The molecule has 2 unspecified atom stereocenters. The molecule has 13 heavy (non-hydrogen) atoms. The minimum Gasteiger partial charge on any atom is -0.480 e. The third-order valence-corrected chi connectivity index (χ3v) is 2.94. The normalized spacial score (nSPS) is 20.1. The van der Waals surface area contributed by atoms with E-state index in [1.165, 1.54) is 0 Å². The van der Waals surface area contributed by atoms with Gasteiger partial charge in [0.05, 0.1) is 0 Å². The van der Waals surface area contributed by atoms with Crippen LogP contribution in [0.25, 0.3) is 0 Å². The number of carboxylic acids is 1. The number of para-hydroxylation sites is 1. The van der Waals surface area contributed by atoms with Gasteiger partial charge >= 0.3 is 5.97 Å². The average molecular weight is 195 g/mol. The predicted molar refractivity (Wildman–Crippen MR) is 53.8 cm³/mol. The number of aliphatic carboxylic acids is 1. The molecule has 0 saturated carbocycles. The summed E-state index contributed by atoms with van der Waals surface area (Å²) in [4.78, 5) is 10.8. The van der Waals surface area contributed by atoms with Crippen LogP contribution in [-0.2, 0) is 11.2 Å². The van der Waals surface area contributed by atoms with Gasteiger partial charge in [0.2, 0.25) is 0 Å². The highest BCUT2D eigenvalue weighted by molar-refractivity contribution is 7.19. The van der Waals surface area contributed by atoms with E-state index in [2.05, 4.69) is 9.39 Å². The van der Waals surface area contributed by atoms with Gasteiger partial charge in [-0.2, -0.15) is 0 Å². The van der Waals surface area contributed by atoms with Crippen molar-refractivity contribution < 1.29 is 9.90 Å². The Hall–Kier alpha value is -1.08. The fraction of sp³-hybridized carbons (Fsp3) is 0.222. The standard InChI is InChI=1S/C9H10NO2P/c11-9(12)8-5-6-3-1-2-4-7(6)10(8)13/h1-4,8H,5,13H2,(H,11,12). The summed E-state index contributed by atoms with van der Waals surface area (Å²) < 4.78 is 1.73. The summed E-state index contributed by atoms with van der Waals surface area (Å²) in [6.45, 7) is 0. The van der Waals surface area contributed by atoms with Gasteiger partial charge in [-0.25, -0.2) is 4.79 Å². The number of hydrogen-bond donors (Lipinski definition) is 1. The molecule has 0 bridgehead atoms. The zero-order valence-electron chi connectivity index (χ0n) is 6.97. The molecule has 0 saturated heterocycles. The van der Waals surface area contributed by atoms with Gasteiger partial charge in [0.15, 0.2) is 0 Å². The van der Waals surface area contributed by atoms with E-state index in [1.807, 2.05) is 24.3 Å². The highest BCUT2D eigenvalue weighted by Gasteiger charge is 2.31. The molecule has 1 aromatic carbocycles. The Morgan fingerprint density at radius 3 is 2.85 bits per heavy atom. The first-order valence-corrected chi connectivity index (χ1v) is 4.56. The van der Waals surface area contributed by atoms with Gasteiger partial charge in [-0.3, -0.25) is 0 Å². The van der Waals surface area contributed by atoms with E-state index in [9.17, 15) is 4.79 Å². The molecular formula is C9H10NO2P. The Labute approximate surface area is 78.6 Å². The van der Waals surface area contributed by atoms with Crippen LogP contribution in [0.3, 0.4) is 0 Å². The number of carboxylic acid groups (broad SMARTS) is 1. The monoisotopic (exact) mass is 195 g/mol. The number of carbonyl (C=O) groups is 1. The number of rotatable bonds is 1. The fourth-order valence-electron chi connectivity index (χ4n) is 1.62. The number of nitrogens with zero attached hydrogens (tertiary/aromatic N) is 1. The van der Waals surface area contributed by atoms with Crippen LogP contribution in [0.4, 0.5) is 5.69 Å². The first-order valence-electron chi connectivity index (χ1n) is 4.05. The lowest BCUT2D eigenvalue weighted by atomic mass is 10.1. The SMILES string of the molecule is O=C(O)C1Cc2ccccc2N1P. The van der Waals surface area contributed by atoms with E-state index in [4.69, 9.17) is 5.11 Å². The molecule has 1 heterocycles. The molecule has 0 aromatic heterocycles. The van der Waals surface area contributed by atoms with Gasteiger partial charge in [-0.1, -0.05) is 18.2 Å². The topological polar surface area (TPSA) is 40.5 Å². The molecular weight excluding hydrogens is 185 g/mol. The summed E-state index contributed by atoms with van der Waals surface area (Å²) >= 11 is 0. The van der Waals surface area contributed by atoms with Crippen molar-refractivity contribution in [3.63, 3.8) is 0 Å². The lowest BCUT2D eigenvalue weighted by Gasteiger charge is -2.17. The molecule has 1 aliphatic rings. The lowest BCUT2D eigenvalue weighted by Crippen LogP contribution is -2.31. The van der Waals surface area contributed by atoms with Gasteiger partial charge in [0.1, 0.15) is 6.04 Å². The van der Waals surface area contributed by atoms with Crippen LogP contribution < -0.4 is 4.67 Å². The largest absolute Gasteiger partial charge is 0.480 e. The van der Waals surface area contributed by atoms with Crippen molar-refractivity contribution in [2.45, 2.75) is 12.5 Å². The van der Waals surface area contributed by atoms with Crippen molar-refractivity contribution in [2.24, 2.45) is 0 Å². The van der Waals surface area contributed by atoms with E-state index >= 15 is 0 Å². The second-order valence-corrected chi connectivity index (χ2v) is 3.65. The van der Waals surface area contributed by atoms with E-state index in [0.717, 1.165) is 11.3 Å². The summed E-state index contributed by atoms with van der Waals surface area (Å²) in [5, 5.41) is 8.90. The Balaban J connectivity index is 2.38. The highest BCUT2D eigenvalue weighted by atomic mass is 31.0. The van der Waals surface area contributed by atoms with Crippen LogP contribution in [0, 0.1) is 0 Å². The van der Waals surface area contributed by atoms with Gasteiger partial charge in [-0.15, -0.1) is 0 Å². The van der Waals surface area contributed by atoms with E-state index in [-0.39, 0.29) is 0 Å². The third kappa shape index (κ3) is 1.29. The molecule has 4 heteroatoms. The second kappa shape index (κ2) is 3.00. The van der Waals surface area contributed by atoms with Gasteiger partial charge in [0, 0.05) is 12.1 Å². The molecule has 2 rings (SSSR count). The Morgan fingerprint density at radius 1 is 1.54 bits per heavy atom. The third-order valence-electron chi connectivity index (χ3n) is 2.30. The van der Waals surface area contributed by atoms with Crippen LogP contribution in [0.2, 0.25) is 0 Å². The van der Waals surface area contributed by atoms with Crippen LogP contribution in [-0.4, -0.2) is 17.1 Å². The summed E-state index contributed by atoms with van der Waals surface area (Å²) in [5.41, 5.74) is 2.10. The van der Waals surface area contributed by atoms with Crippen molar-refractivity contribution in [1.29, 1.82) is 0 Å². The molecule has 0 amide bonds. The Kier molecular flexibility index (Phi) is 1.97. The maximum Gasteiger partial charge on any atom is 0.326 e. The van der Waals surface area contributed by atoms with E-state index in [1.54, 1.807) is 4.67 Å². The smallest absolute Gasteiger partial charge is 0.326 e. The predicted octanol–water partition coefficient (Wildman–Crippen LogP) is 1.29. The summed E-state index contributed by atoms with van der Waals surface area (Å²) in [6, 6.07) is 7.32. The molecule has 0 spiro atoms. The molecule has 68 valence electrons. The van der Waals surface area contributed by atoms with Crippen LogP contribution in [0.1, 0.15) is 5.56 Å². The summed E-state index contributed by atoms with van der Waals surface area (Å²) in [7, 11) is 2.46. The highest BCUT2D eigenvalue weighted by Crippen LogP contribution is 2.34. The van der Waals surface area contributed by atoms with Crippen molar-refractivity contribution in [3.05, 3.63) is 29.8 Å². The summed E-state index contributed by atoms with van der Waals surface area (Å²) in [5.74, 6) is -0.772. The quantitative estimate of drug-likeness (QED) is 0.686. The molecule has 1 aromatic rings. The maximum absolute atomic E-state index is 10.8. The molecule has 0 fully saturated rings. The first-order chi connectivity index (χ1) is 6.20. The Bertz CT molecular complexity index is 353. The lowest BCUT2D eigenvalue weighted by molar-refractivity contribution is -0.138. The number of benzene rings is 1. The van der Waals surface area contributed by atoms with Gasteiger partial charge < -0.3 is 9.78 Å². The van der Waals surface area contributed by atoms with Crippen LogP contribution >= 0.6 is 9.39 Å². The van der Waals surface area contributed by atoms with Crippen molar-refractivity contribution in [1.82, 2.24) is 0 Å². The molecule has 3 nitrogen and oxygen atoms in total. The average Bonchev–Trinajstić information content (AvgIpc) is 2.45. The minimum absolute atomic E-state index is 0.428. The number of anilines is 1. The molecule has 0 radical (unpaired) electrons. The fourth-order valence-corrected chi connectivity index (χ4v) is 2.10. The minimum atomic E-state index is -0.772. The Morgan fingerprint density at radius 2 is 2.23 bits per heavy atom. The zero-order valence-corrected chi connectivity index (χ0v) is 8.13. The first kappa shape index (κ1) is 8.52. The number of fused-ring (bicyclic) bond motifs is 1. The summed E-state index contributed by atoms with van der Waals surface area (Å²) in [6.07, 6.45) is 0.592. The molecule has 1 N–H and O–H groups in total. The van der Waals surface area contributed by atoms with E-state index in [0.29, 0.717) is 6.42 Å². The van der Waals surface area contributed by atoms with Crippen molar-refractivity contribution in [2.75, 3.05) is 4.67 Å². The van der Waals surface area contributed by atoms with Gasteiger partial charge in [-0.05, 0) is 21.0 Å². The molecule has 1 aliphatic heterocycles. The number of hydrogen-bond acceptors (Lipinski definition) is 2. The molecule has 2 atom stereocenters. The van der Waals surface area contributed by atoms with Crippen LogP contribution in [0.5, 0.6) is 0 Å². The van der Waals surface area contributed by atoms with E-state index < -0.39 is 12.0 Å². The zero-order chi connectivity index (χ0) is 9.42. The van der Waals surface area contributed by atoms with Crippen molar-refractivity contribution >= 4 is 21.0 Å². The van der Waals surface area contributed by atoms with Gasteiger partial charge in [0.25, 0.3) is 0 Å². The second-order valence-electron chi connectivity index (χ2n) is 3.09. The maximum atomic E-state index is 10.8. The van der Waals surface area contributed by atoms with Crippen molar-refractivity contribution in [3.8, 4) is 0 Å². The van der Waals surface area contributed by atoms with Crippen LogP contribution in [0.15, 0.2) is 24.3 Å².